The molecule has 0 aliphatic carbocycles. The van der Waals surface area contributed by atoms with E-state index in [9.17, 15) is 9.59 Å². The standard InChI is InChI=1S/C14H18Br2N2O2/c1-3-11(15)13(19)17-9-6-5-7-10(8-9)18-14(20)12(16)4-2/h5-8,11-12H,3-4H2,1-2H3,(H,17,19)(H,18,20)/t11-,12-/m0/s1. The van der Waals surface area contributed by atoms with Crippen LogP contribution in [0.15, 0.2) is 24.3 Å². The van der Waals surface area contributed by atoms with Gasteiger partial charge in [0.2, 0.25) is 11.8 Å². The van der Waals surface area contributed by atoms with Crippen LogP contribution in [-0.2, 0) is 9.59 Å². The van der Waals surface area contributed by atoms with Crippen molar-refractivity contribution in [3.63, 3.8) is 0 Å². The van der Waals surface area contributed by atoms with Crippen molar-refractivity contribution in [2.45, 2.75) is 36.3 Å². The summed E-state index contributed by atoms with van der Waals surface area (Å²) in [7, 11) is 0. The number of hydrogen-bond donors (Lipinski definition) is 2. The highest BCUT2D eigenvalue weighted by molar-refractivity contribution is 9.10. The summed E-state index contributed by atoms with van der Waals surface area (Å²) in [4.78, 5) is 23.1. The predicted molar refractivity (Wildman–Crippen MR) is 89.7 cm³/mol. The van der Waals surface area contributed by atoms with Gasteiger partial charge in [-0.2, -0.15) is 0 Å². The number of hydrogen-bond acceptors (Lipinski definition) is 2. The fraction of sp³-hybridized carbons (Fsp3) is 0.429. The molecule has 2 amide bonds. The minimum absolute atomic E-state index is 0.0945. The fourth-order valence-electron chi connectivity index (χ4n) is 1.49. The number of amides is 2. The van der Waals surface area contributed by atoms with Gasteiger partial charge in [-0.25, -0.2) is 0 Å². The molecule has 0 bridgehead atoms. The van der Waals surface area contributed by atoms with Crippen molar-refractivity contribution in [3.8, 4) is 0 Å². The number of halogens is 2. The first kappa shape index (κ1) is 17.2. The summed E-state index contributed by atoms with van der Waals surface area (Å²) >= 11 is 6.60. The molecule has 0 radical (unpaired) electrons. The summed E-state index contributed by atoms with van der Waals surface area (Å²) in [6.45, 7) is 3.85. The van der Waals surface area contributed by atoms with Gasteiger partial charge in [0.15, 0.2) is 0 Å². The Bertz CT molecular complexity index is 441. The van der Waals surface area contributed by atoms with Crippen LogP contribution in [0.3, 0.4) is 0 Å². The van der Waals surface area contributed by atoms with Crippen molar-refractivity contribution in [2.24, 2.45) is 0 Å². The number of rotatable bonds is 6. The van der Waals surface area contributed by atoms with E-state index >= 15 is 0 Å². The molecule has 1 aromatic carbocycles. The van der Waals surface area contributed by atoms with Crippen LogP contribution in [0, 0.1) is 0 Å². The molecule has 0 aromatic heterocycles. The zero-order chi connectivity index (χ0) is 15.1. The summed E-state index contributed by atoms with van der Waals surface area (Å²) in [6.07, 6.45) is 1.42. The third kappa shape index (κ3) is 5.25. The van der Waals surface area contributed by atoms with Crippen molar-refractivity contribution in [1.82, 2.24) is 0 Å². The molecule has 0 aliphatic rings. The Balaban J connectivity index is 2.71. The van der Waals surface area contributed by atoms with Gasteiger partial charge < -0.3 is 10.6 Å². The lowest BCUT2D eigenvalue weighted by molar-refractivity contribution is -0.116. The average Bonchev–Trinajstić information content (AvgIpc) is 2.45. The maximum atomic E-state index is 11.8. The second-order valence-corrected chi connectivity index (χ2v) is 6.52. The van der Waals surface area contributed by atoms with E-state index < -0.39 is 0 Å². The topological polar surface area (TPSA) is 58.2 Å². The van der Waals surface area contributed by atoms with Gasteiger partial charge in [-0.3, -0.25) is 9.59 Å². The lowest BCUT2D eigenvalue weighted by Crippen LogP contribution is -2.23. The first-order chi connectivity index (χ1) is 9.47. The molecule has 110 valence electrons. The smallest absolute Gasteiger partial charge is 0.238 e. The summed E-state index contributed by atoms with van der Waals surface area (Å²) < 4.78 is 0. The zero-order valence-electron chi connectivity index (χ0n) is 11.5. The first-order valence-corrected chi connectivity index (χ1v) is 8.31. The molecule has 4 nitrogen and oxygen atoms in total. The molecule has 20 heavy (non-hydrogen) atoms. The summed E-state index contributed by atoms with van der Waals surface area (Å²) in [6, 6.07) is 7.10. The minimum atomic E-state index is -0.215. The number of benzene rings is 1. The molecule has 0 saturated heterocycles. The highest BCUT2D eigenvalue weighted by atomic mass is 79.9. The van der Waals surface area contributed by atoms with Gasteiger partial charge in [-0.15, -0.1) is 0 Å². The minimum Gasteiger partial charge on any atom is -0.325 e. The quantitative estimate of drug-likeness (QED) is 0.705. The largest absolute Gasteiger partial charge is 0.325 e. The molecular weight excluding hydrogens is 388 g/mol. The van der Waals surface area contributed by atoms with Gasteiger partial charge >= 0.3 is 0 Å². The van der Waals surface area contributed by atoms with Crippen LogP contribution in [0.4, 0.5) is 11.4 Å². The van der Waals surface area contributed by atoms with E-state index in [2.05, 4.69) is 42.5 Å². The maximum absolute atomic E-state index is 11.8. The van der Waals surface area contributed by atoms with Crippen LogP contribution in [0.5, 0.6) is 0 Å². The third-order valence-electron chi connectivity index (χ3n) is 2.68. The van der Waals surface area contributed by atoms with Crippen molar-refractivity contribution in [1.29, 1.82) is 0 Å². The lowest BCUT2D eigenvalue weighted by Gasteiger charge is -2.12. The molecule has 2 N–H and O–H groups in total. The number of anilines is 2. The summed E-state index contributed by atoms with van der Waals surface area (Å²) in [5.41, 5.74) is 1.32. The second-order valence-electron chi connectivity index (χ2n) is 4.31. The number of alkyl halides is 2. The Hall–Kier alpha value is -0.880. The SMILES string of the molecule is CC[C@H](Br)C(=O)Nc1cccc(NC(=O)[C@@H](Br)CC)c1. The van der Waals surface area contributed by atoms with E-state index in [0.29, 0.717) is 24.2 Å². The van der Waals surface area contributed by atoms with Crippen LogP contribution in [0.2, 0.25) is 0 Å². The molecule has 0 saturated carbocycles. The third-order valence-corrected chi connectivity index (χ3v) is 4.81. The van der Waals surface area contributed by atoms with E-state index in [0.717, 1.165) is 0 Å². The normalized spacial score (nSPS) is 13.4. The molecule has 0 spiro atoms. The second kappa shape index (κ2) is 8.42. The Labute approximate surface area is 136 Å². The average molecular weight is 406 g/mol. The van der Waals surface area contributed by atoms with Crippen molar-refractivity contribution < 1.29 is 9.59 Å². The van der Waals surface area contributed by atoms with Gasteiger partial charge in [0.25, 0.3) is 0 Å². The lowest BCUT2D eigenvalue weighted by atomic mass is 10.2. The molecule has 0 aliphatic heterocycles. The first-order valence-electron chi connectivity index (χ1n) is 6.47. The van der Waals surface area contributed by atoms with Gasteiger partial charge in [0.05, 0.1) is 9.65 Å². The van der Waals surface area contributed by atoms with Crippen molar-refractivity contribution in [2.75, 3.05) is 10.6 Å². The van der Waals surface area contributed by atoms with E-state index in [1.165, 1.54) is 0 Å². The zero-order valence-corrected chi connectivity index (χ0v) is 14.6. The highest BCUT2D eigenvalue weighted by Gasteiger charge is 2.14. The Morgan fingerprint density at radius 3 is 1.75 bits per heavy atom. The van der Waals surface area contributed by atoms with Crippen molar-refractivity contribution in [3.05, 3.63) is 24.3 Å². The van der Waals surface area contributed by atoms with Crippen LogP contribution >= 0.6 is 31.9 Å². The molecule has 0 heterocycles. The molecule has 1 rings (SSSR count). The summed E-state index contributed by atoms with van der Waals surface area (Å²) in [5.74, 6) is -0.189. The Kier molecular flexibility index (Phi) is 7.23. The van der Waals surface area contributed by atoms with Gasteiger partial charge in [0.1, 0.15) is 0 Å². The molecule has 1 aromatic rings. The number of carbonyl (C=O) groups excluding carboxylic acids is 2. The fourth-order valence-corrected chi connectivity index (χ4v) is 1.72. The van der Waals surface area contributed by atoms with E-state index in [1.54, 1.807) is 24.3 Å². The Morgan fingerprint density at radius 1 is 1.00 bits per heavy atom. The van der Waals surface area contributed by atoms with Crippen LogP contribution in [-0.4, -0.2) is 21.5 Å². The Morgan fingerprint density at radius 2 is 1.40 bits per heavy atom. The van der Waals surface area contributed by atoms with Crippen LogP contribution in [0.25, 0.3) is 0 Å². The van der Waals surface area contributed by atoms with Gasteiger partial charge in [-0.05, 0) is 31.0 Å². The molecule has 2 atom stereocenters. The molecule has 6 heteroatoms. The van der Waals surface area contributed by atoms with E-state index in [4.69, 9.17) is 0 Å². The van der Waals surface area contributed by atoms with Gasteiger partial charge in [0, 0.05) is 11.4 Å². The maximum Gasteiger partial charge on any atom is 0.238 e. The molecular formula is C14H18Br2N2O2. The van der Waals surface area contributed by atoms with Crippen LogP contribution in [0.1, 0.15) is 26.7 Å². The molecule has 0 fully saturated rings. The molecule has 0 unspecified atom stereocenters. The number of nitrogens with one attached hydrogen (secondary N) is 2. The van der Waals surface area contributed by atoms with Crippen LogP contribution < -0.4 is 10.6 Å². The van der Waals surface area contributed by atoms with E-state index in [-0.39, 0.29) is 21.5 Å². The monoisotopic (exact) mass is 404 g/mol. The summed E-state index contributed by atoms with van der Waals surface area (Å²) in [5, 5.41) is 5.60. The van der Waals surface area contributed by atoms with E-state index in [1.807, 2.05) is 13.8 Å². The van der Waals surface area contributed by atoms with Crippen molar-refractivity contribution >= 4 is 55.0 Å². The number of carbonyl (C=O) groups is 2. The predicted octanol–water partition coefficient (Wildman–Crippen LogP) is 3.91. The highest BCUT2D eigenvalue weighted by Crippen LogP contribution is 2.18. The van der Waals surface area contributed by atoms with Gasteiger partial charge in [-0.1, -0.05) is 51.8 Å².